The SMILES string of the molecule is CC1NC2(CCCC2)C(=O)N1CC1(N(C)C)CCCC1. The van der Waals surface area contributed by atoms with Gasteiger partial charge in [-0.15, -0.1) is 0 Å². The maximum atomic E-state index is 12.9. The predicted octanol–water partition coefficient (Wildman–Crippen LogP) is 1.95. The normalized spacial score (nSPS) is 31.9. The lowest BCUT2D eigenvalue weighted by atomic mass is 9.93. The molecule has 3 aliphatic rings. The third-order valence-electron chi connectivity index (χ3n) is 6.03. The monoisotopic (exact) mass is 279 g/mol. The minimum absolute atomic E-state index is 0.193. The summed E-state index contributed by atoms with van der Waals surface area (Å²) < 4.78 is 0. The van der Waals surface area contributed by atoms with E-state index in [1.54, 1.807) is 0 Å². The number of hydrogen-bond donors (Lipinski definition) is 1. The van der Waals surface area contributed by atoms with Crippen molar-refractivity contribution < 1.29 is 4.79 Å². The maximum Gasteiger partial charge on any atom is 0.244 e. The van der Waals surface area contributed by atoms with Gasteiger partial charge in [0.05, 0.1) is 11.7 Å². The molecule has 1 heterocycles. The molecule has 3 fully saturated rings. The topological polar surface area (TPSA) is 35.6 Å². The Bertz CT molecular complexity index is 381. The number of likely N-dealkylation sites (N-methyl/N-ethyl adjacent to an activating group) is 1. The molecule has 3 rings (SSSR count). The van der Waals surface area contributed by atoms with Crippen LogP contribution in [0, 0.1) is 0 Å². The summed E-state index contributed by atoms with van der Waals surface area (Å²) in [5.74, 6) is 0.371. The van der Waals surface area contributed by atoms with Crippen molar-refractivity contribution in [1.29, 1.82) is 0 Å². The molecule has 1 atom stereocenters. The van der Waals surface area contributed by atoms with Crippen LogP contribution in [-0.2, 0) is 4.79 Å². The van der Waals surface area contributed by atoms with Crippen molar-refractivity contribution in [3.63, 3.8) is 0 Å². The molecular weight excluding hydrogens is 250 g/mol. The summed E-state index contributed by atoms with van der Waals surface area (Å²) in [7, 11) is 4.35. The number of hydrogen-bond acceptors (Lipinski definition) is 3. The summed E-state index contributed by atoms with van der Waals surface area (Å²) in [6, 6.07) is 0. The van der Waals surface area contributed by atoms with E-state index in [0.29, 0.717) is 5.91 Å². The number of amides is 1. The van der Waals surface area contributed by atoms with Gasteiger partial charge in [-0.1, -0.05) is 25.7 Å². The molecule has 2 saturated carbocycles. The number of carbonyl (C=O) groups excluding carboxylic acids is 1. The van der Waals surface area contributed by atoms with Crippen LogP contribution in [0.2, 0.25) is 0 Å². The number of rotatable bonds is 3. The highest BCUT2D eigenvalue weighted by Crippen LogP contribution is 2.40. The fourth-order valence-corrected chi connectivity index (χ4v) is 4.63. The summed E-state index contributed by atoms with van der Waals surface area (Å²) in [4.78, 5) is 17.4. The third-order valence-corrected chi connectivity index (χ3v) is 6.03. The molecule has 1 amide bonds. The van der Waals surface area contributed by atoms with Gasteiger partial charge >= 0.3 is 0 Å². The highest BCUT2D eigenvalue weighted by Gasteiger charge is 2.53. The van der Waals surface area contributed by atoms with Gasteiger partial charge in [-0.2, -0.15) is 0 Å². The van der Waals surface area contributed by atoms with Crippen LogP contribution in [0.15, 0.2) is 0 Å². The summed E-state index contributed by atoms with van der Waals surface area (Å²) in [5, 5.41) is 3.62. The summed E-state index contributed by atoms with van der Waals surface area (Å²) in [5.41, 5.74) is -0.0126. The van der Waals surface area contributed by atoms with E-state index in [-0.39, 0.29) is 17.2 Å². The van der Waals surface area contributed by atoms with Gasteiger partial charge < -0.3 is 9.80 Å². The first-order chi connectivity index (χ1) is 9.49. The Kier molecular flexibility index (Phi) is 3.57. The molecule has 0 aromatic heterocycles. The molecule has 20 heavy (non-hydrogen) atoms. The van der Waals surface area contributed by atoms with Crippen molar-refractivity contribution in [2.75, 3.05) is 20.6 Å². The second-order valence-electron chi connectivity index (χ2n) is 7.37. The zero-order valence-corrected chi connectivity index (χ0v) is 13.2. The lowest BCUT2D eigenvalue weighted by Gasteiger charge is -2.40. The number of nitrogens with one attached hydrogen (secondary N) is 1. The van der Waals surface area contributed by atoms with E-state index in [2.05, 4.69) is 36.1 Å². The average molecular weight is 279 g/mol. The Labute approximate surface area is 122 Å². The zero-order valence-electron chi connectivity index (χ0n) is 13.2. The average Bonchev–Trinajstić information content (AvgIpc) is 3.09. The molecule has 0 bridgehead atoms. The highest BCUT2D eigenvalue weighted by molar-refractivity contribution is 5.89. The standard InChI is InChI=1S/C16H29N3O/c1-13-17-16(10-6-7-11-16)14(20)19(13)12-15(18(2)3)8-4-5-9-15/h13,17H,4-12H2,1-3H3. The smallest absolute Gasteiger partial charge is 0.244 e. The first kappa shape index (κ1) is 14.3. The molecule has 1 unspecified atom stereocenters. The largest absolute Gasteiger partial charge is 0.324 e. The maximum absolute atomic E-state index is 12.9. The summed E-state index contributed by atoms with van der Waals surface area (Å²) in [6.45, 7) is 3.05. The lowest BCUT2D eigenvalue weighted by Crippen LogP contribution is -2.53. The molecule has 1 saturated heterocycles. The van der Waals surface area contributed by atoms with Crippen LogP contribution in [0.3, 0.4) is 0 Å². The first-order valence-electron chi connectivity index (χ1n) is 8.25. The van der Waals surface area contributed by atoms with E-state index in [9.17, 15) is 4.79 Å². The van der Waals surface area contributed by atoms with Crippen LogP contribution in [0.1, 0.15) is 58.3 Å². The molecule has 1 spiro atoms. The van der Waals surface area contributed by atoms with E-state index in [4.69, 9.17) is 0 Å². The predicted molar refractivity (Wildman–Crippen MR) is 80.4 cm³/mol. The minimum Gasteiger partial charge on any atom is -0.324 e. The summed E-state index contributed by atoms with van der Waals surface area (Å²) >= 11 is 0. The van der Waals surface area contributed by atoms with E-state index in [0.717, 1.165) is 19.4 Å². The van der Waals surface area contributed by atoms with Gasteiger partial charge in [-0.05, 0) is 46.7 Å². The molecule has 2 aliphatic carbocycles. The van der Waals surface area contributed by atoms with E-state index >= 15 is 0 Å². The molecule has 0 aromatic rings. The molecule has 1 N–H and O–H groups in total. The van der Waals surface area contributed by atoms with E-state index < -0.39 is 0 Å². The van der Waals surface area contributed by atoms with Gasteiger partial charge in [0.15, 0.2) is 0 Å². The van der Waals surface area contributed by atoms with E-state index in [1.165, 1.54) is 38.5 Å². The lowest BCUT2D eigenvalue weighted by molar-refractivity contribution is -0.134. The van der Waals surface area contributed by atoms with Crippen LogP contribution in [0.25, 0.3) is 0 Å². The molecule has 4 nitrogen and oxygen atoms in total. The van der Waals surface area contributed by atoms with Gasteiger partial charge in [0.1, 0.15) is 0 Å². The first-order valence-corrected chi connectivity index (χ1v) is 8.25. The molecule has 4 heteroatoms. The second-order valence-corrected chi connectivity index (χ2v) is 7.37. The van der Waals surface area contributed by atoms with Crippen molar-refractivity contribution in [2.24, 2.45) is 0 Å². The van der Waals surface area contributed by atoms with Crippen molar-refractivity contribution >= 4 is 5.91 Å². The van der Waals surface area contributed by atoms with E-state index in [1.807, 2.05) is 0 Å². The Hall–Kier alpha value is -0.610. The van der Waals surface area contributed by atoms with Crippen molar-refractivity contribution in [1.82, 2.24) is 15.1 Å². The van der Waals surface area contributed by atoms with Crippen LogP contribution in [0.4, 0.5) is 0 Å². The van der Waals surface area contributed by atoms with Crippen LogP contribution < -0.4 is 5.32 Å². The minimum atomic E-state index is -0.217. The van der Waals surface area contributed by atoms with Crippen LogP contribution in [0.5, 0.6) is 0 Å². The number of nitrogens with zero attached hydrogens (tertiary/aromatic N) is 2. The Morgan fingerprint density at radius 2 is 1.70 bits per heavy atom. The molecule has 114 valence electrons. The van der Waals surface area contributed by atoms with Crippen LogP contribution >= 0.6 is 0 Å². The molecular formula is C16H29N3O. The summed E-state index contributed by atoms with van der Waals surface area (Å²) in [6.07, 6.45) is 9.69. The highest BCUT2D eigenvalue weighted by atomic mass is 16.2. The molecule has 0 aromatic carbocycles. The van der Waals surface area contributed by atoms with Crippen molar-refractivity contribution in [3.05, 3.63) is 0 Å². The fourth-order valence-electron chi connectivity index (χ4n) is 4.63. The second kappa shape index (κ2) is 4.99. The quantitative estimate of drug-likeness (QED) is 0.858. The third kappa shape index (κ3) is 2.08. The van der Waals surface area contributed by atoms with Crippen molar-refractivity contribution in [3.8, 4) is 0 Å². The van der Waals surface area contributed by atoms with Gasteiger partial charge in [0, 0.05) is 12.1 Å². The van der Waals surface area contributed by atoms with Gasteiger partial charge in [-0.3, -0.25) is 10.1 Å². The zero-order chi connectivity index (χ0) is 14.4. The number of carbonyl (C=O) groups is 1. The fraction of sp³-hybridized carbons (Fsp3) is 0.938. The Morgan fingerprint density at radius 1 is 1.15 bits per heavy atom. The Balaban J connectivity index is 1.78. The van der Waals surface area contributed by atoms with Gasteiger partial charge in [0.25, 0.3) is 0 Å². The van der Waals surface area contributed by atoms with Crippen molar-refractivity contribution in [2.45, 2.75) is 75.5 Å². The van der Waals surface area contributed by atoms with Gasteiger partial charge in [0.2, 0.25) is 5.91 Å². The van der Waals surface area contributed by atoms with Crippen LogP contribution in [-0.4, -0.2) is 53.6 Å². The molecule has 0 radical (unpaired) electrons. The molecule has 1 aliphatic heterocycles. The van der Waals surface area contributed by atoms with Gasteiger partial charge in [-0.25, -0.2) is 0 Å². The Morgan fingerprint density at radius 3 is 2.25 bits per heavy atom.